The molecule has 0 spiro atoms. The molecule has 6 heteroatoms. The van der Waals surface area contributed by atoms with Gasteiger partial charge in [0.1, 0.15) is 11.7 Å². The van der Waals surface area contributed by atoms with Crippen LogP contribution in [0.1, 0.15) is 12.8 Å². The van der Waals surface area contributed by atoms with E-state index < -0.39 is 0 Å². The van der Waals surface area contributed by atoms with E-state index in [0.717, 1.165) is 12.1 Å². The van der Waals surface area contributed by atoms with Crippen molar-refractivity contribution in [3.8, 4) is 0 Å². The molecule has 0 saturated carbocycles. The summed E-state index contributed by atoms with van der Waals surface area (Å²) in [4.78, 5) is 0. The fourth-order valence-corrected chi connectivity index (χ4v) is 1.54. The summed E-state index contributed by atoms with van der Waals surface area (Å²) in [6.45, 7) is 0.675. The first-order valence-corrected chi connectivity index (χ1v) is 5.58. The number of hydrogen-bond donors (Lipinski definition) is 3. The molecule has 1 aromatic rings. The molecule has 0 aliphatic heterocycles. The van der Waals surface area contributed by atoms with Crippen molar-refractivity contribution in [3.63, 3.8) is 0 Å². The second-order valence-corrected chi connectivity index (χ2v) is 4.10. The zero-order chi connectivity index (χ0) is 12.0. The third-order valence-electron chi connectivity index (χ3n) is 1.99. The molecule has 0 heterocycles. The molecule has 0 saturated heterocycles. The van der Waals surface area contributed by atoms with E-state index in [4.69, 9.17) is 10.9 Å². The predicted octanol–water partition coefficient (Wildman–Crippen LogP) is 2.53. The van der Waals surface area contributed by atoms with Crippen LogP contribution in [0.3, 0.4) is 0 Å². The fraction of sp³-hybridized carbons (Fsp3) is 0.300. The first-order valence-electron chi connectivity index (χ1n) is 4.79. The molecule has 0 aromatic heterocycles. The smallest absolute Gasteiger partial charge is 0.139 e. The van der Waals surface area contributed by atoms with E-state index in [-0.39, 0.29) is 11.7 Å². The lowest BCUT2D eigenvalue weighted by atomic mass is 10.2. The average Bonchev–Trinajstić information content (AvgIpc) is 2.28. The van der Waals surface area contributed by atoms with Crippen LogP contribution < -0.4 is 11.1 Å². The van der Waals surface area contributed by atoms with Crippen LogP contribution in [-0.2, 0) is 0 Å². The number of nitrogens with zero attached hydrogens (tertiary/aromatic N) is 1. The van der Waals surface area contributed by atoms with Crippen molar-refractivity contribution in [2.45, 2.75) is 12.8 Å². The van der Waals surface area contributed by atoms with Crippen LogP contribution in [0.25, 0.3) is 0 Å². The molecule has 88 valence electrons. The van der Waals surface area contributed by atoms with Gasteiger partial charge in [-0.2, -0.15) is 0 Å². The van der Waals surface area contributed by atoms with Crippen molar-refractivity contribution in [3.05, 3.63) is 28.5 Å². The predicted molar refractivity (Wildman–Crippen MR) is 65.2 cm³/mol. The van der Waals surface area contributed by atoms with E-state index in [0.29, 0.717) is 17.4 Å². The summed E-state index contributed by atoms with van der Waals surface area (Å²) >= 11 is 3.10. The molecule has 1 aromatic carbocycles. The lowest BCUT2D eigenvalue weighted by Gasteiger charge is -2.06. The van der Waals surface area contributed by atoms with Crippen LogP contribution in [0.4, 0.5) is 10.1 Å². The fourth-order valence-electron chi connectivity index (χ4n) is 1.16. The first kappa shape index (κ1) is 12.8. The van der Waals surface area contributed by atoms with Crippen molar-refractivity contribution in [2.75, 3.05) is 11.9 Å². The second kappa shape index (κ2) is 6.32. The van der Waals surface area contributed by atoms with Crippen molar-refractivity contribution >= 4 is 27.5 Å². The number of anilines is 1. The highest BCUT2D eigenvalue weighted by Gasteiger charge is 2.00. The quantitative estimate of drug-likeness (QED) is 0.256. The number of oxime groups is 1. The topological polar surface area (TPSA) is 70.6 Å². The molecule has 0 atom stereocenters. The number of rotatable bonds is 5. The Kier molecular flexibility index (Phi) is 5.04. The number of nitrogens with two attached hydrogens (primary N) is 1. The van der Waals surface area contributed by atoms with Crippen molar-refractivity contribution in [1.82, 2.24) is 0 Å². The first-order chi connectivity index (χ1) is 7.63. The van der Waals surface area contributed by atoms with E-state index in [1.54, 1.807) is 12.1 Å². The molecule has 4 nitrogen and oxygen atoms in total. The third kappa shape index (κ3) is 4.06. The van der Waals surface area contributed by atoms with Crippen LogP contribution in [-0.4, -0.2) is 17.6 Å². The Hall–Kier alpha value is -1.30. The zero-order valence-electron chi connectivity index (χ0n) is 8.58. The van der Waals surface area contributed by atoms with Gasteiger partial charge in [-0.1, -0.05) is 5.16 Å². The van der Waals surface area contributed by atoms with Gasteiger partial charge in [-0.25, -0.2) is 4.39 Å². The number of nitrogens with one attached hydrogen (secondary N) is 1. The molecule has 0 aliphatic rings. The molecule has 0 fully saturated rings. The molecular weight excluding hydrogens is 277 g/mol. The van der Waals surface area contributed by atoms with Gasteiger partial charge in [0.05, 0.1) is 4.47 Å². The minimum Gasteiger partial charge on any atom is -0.409 e. The number of benzene rings is 1. The second-order valence-electron chi connectivity index (χ2n) is 3.25. The molecule has 0 unspecified atom stereocenters. The maximum atomic E-state index is 12.9. The molecule has 1 rings (SSSR count). The van der Waals surface area contributed by atoms with Gasteiger partial charge >= 0.3 is 0 Å². The molecule has 4 N–H and O–H groups in total. The Balaban J connectivity index is 2.35. The number of halogens is 2. The van der Waals surface area contributed by atoms with Gasteiger partial charge in [0.15, 0.2) is 0 Å². The van der Waals surface area contributed by atoms with Crippen molar-refractivity contribution in [2.24, 2.45) is 10.9 Å². The average molecular weight is 290 g/mol. The van der Waals surface area contributed by atoms with Gasteiger partial charge in [0, 0.05) is 18.7 Å². The minimum atomic E-state index is -0.290. The summed E-state index contributed by atoms with van der Waals surface area (Å²) in [7, 11) is 0. The Morgan fingerprint density at radius 2 is 2.31 bits per heavy atom. The van der Waals surface area contributed by atoms with E-state index in [2.05, 4.69) is 26.4 Å². The summed E-state index contributed by atoms with van der Waals surface area (Å²) in [5.74, 6) is -0.0794. The van der Waals surface area contributed by atoms with E-state index in [9.17, 15) is 4.39 Å². The maximum Gasteiger partial charge on any atom is 0.139 e. The number of amidine groups is 1. The van der Waals surface area contributed by atoms with Gasteiger partial charge < -0.3 is 16.3 Å². The Bertz CT molecular complexity index is 384. The maximum absolute atomic E-state index is 12.9. The SMILES string of the molecule is N/C(CCCNc1ccc(F)c(Br)c1)=N/O. The molecule has 0 aliphatic carbocycles. The van der Waals surface area contributed by atoms with E-state index in [1.807, 2.05) is 0 Å². The zero-order valence-corrected chi connectivity index (χ0v) is 10.2. The number of hydrogen-bond acceptors (Lipinski definition) is 3. The minimum absolute atomic E-state index is 0.210. The standard InChI is InChI=1S/C10H13BrFN3O/c11-8-6-7(3-4-9(8)12)14-5-1-2-10(13)15-16/h3-4,6,14,16H,1-2,5H2,(H2,13,15). The molecule has 16 heavy (non-hydrogen) atoms. The van der Waals surface area contributed by atoms with Crippen LogP contribution in [0.2, 0.25) is 0 Å². The molecule has 0 amide bonds. The molecule has 0 radical (unpaired) electrons. The van der Waals surface area contributed by atoms with Crippen LogP contribution in [0, 0.1) is 5.82 Å². The lowest BCUT2D eigenvalue weighted by molar-refractivity contribution is 0.316. The Morgan fingerprint density at radius 3 is 2.94 bits per heavy atom. The summed E-state index contributed by atoms with van der Waals surface area (Å²) < 4.78 is 13.3. The highest BCUT2D eigenvalue weighted by molar-refractivity contribution is 9.10. The molecule has 0 bridgehead atoms. The molecular formula is C10H13BrFN3O. The highest BCUT2D eigenvalue weighted by atomic mass is 79.9. The van der Waals surface area contributed by atoms with Crippen LogP contribution in [0.15, 0.2) is 27.8 Å². The monoisotopic (exact) mass is 289 g/mol. The van der Waals surface area contributed by atoms with E-state index in [1.165, 1.54) is 6.07 Å². The van der Waals surface area contributed by atoms with Gasteiger partial charge in [-0.3, -0.25) is 0 Å². The van der Waals surface area contributed by atoms with Gasteiger partial charge in [-0.05, 0) is 40.5 Å². The third-order valence-corrected chi connectivity index (χ3v) is 2.59. The van der Waals surface area contributed by atoms with Crippen LogP contribution >= 0.6 is 15.9 Å². The lowest BCUT2D eigenvalue weighted by Crippen LogP contribution is -2.13. The summed E-state index contributed by atoms with van der Waals surface area (Å²) in [5, 5.41) is 14.3. The van der Waals surface area contributed by atoms with E-state index >= 15 is 0 Å². The summed E-state index contributed by atoms with van der Waals surface area (Å²) in [5.41, 5.74) is 6.14. The van der Waals surface area contributed by atoms with Gasteiger partial charge in [-0.15, -0.1) is 0 Å². The summed E-state index contributed by atoms with van der Waals surface area (Å²) in [6, 6.07) is 4.71. The Morgan fingerprint density at radius 1 is 1.56 bits per heavy atom. The van der Waals surface area contributed by atoms with Crippen molar-refractivity contribution in [1.29, 1.82) is 0 Å². The summed E-state index contributed by atoms with van der Waals surface area (Å²) in [6.07, 6.45) is 1.26. The normalized spacial score (nSPS) is 11.5. The largest absolute Gasteiger partial charge is 0.409 e. The van der Waals surface area contributed by atoms with Gasteiger partial charge in [0.25, 0.3) is 0 Å². The van der Waals surface area contributed by atoms with Gasteiger partial charge in [0.2, 0.25) is 0 Å². The van der Waals surface area contributed by atoms with Crippen LogP contribution in [0.5, 0.6) is 0 Å². The Labute approximate surface area is 101 Å². The van der Waals surface area contributed by atoms with Crippen molar-refractivity contribution < 1.29 is 9.60 Å². The highest BCUT2D eigenvalue weighted by Crippen LogP contribution is 2.19.